The van der Waals surface area contributed by atoms with Gasteiger partial charge in [0.25, 0.3) is 5.56 Å². The van der Waals surface area contributed by atoms with Gasteiger partial charge in [0.2, 0.25) is 0 Å². The van der Waals surface area contributed by atoms with E-state index in [-0.39, 0.29) is 17.5 Å². The van der Waals surface area contributed by atoms with Crippen LogP contribution in [0.15, 0.2) is 102 Å². The average Bonchev–Trinajstić information content (AvgIpc) is 2.97. The first-order valence-electron chi connectivity index (χ1n) is 13.5. The molecule has 1 fully saturated rings. The molecule has 0 saturated carbocycles. The molecule has 1 aliphatic rings. The molecule has 4 aromatic carbocycles. The zero-order valence-corrected chi connectivity index (χ0v) is 22.3. The van der Waals surface area contributed by atoms with Gasteiger partial charge in [0.1, 0.15) is 23.1 Å². The second kappa shape index (κ2) is 11.4. The van der Waals surface area contributed by atoms with E-state index < -0.39 is 0 Å². The van der Waals surface area contributed by atoms with E-state index in [9.17, 15) is 9.18 Å². The van der Waals surface area contributed by atoms with Crippen LogP contribution in [0.3, 0.4) is 0 Å². The lowest BCUT2D eigenvalue weighted by molar-refractivity contribution is -0.0390. The van der Waals surface area contributed by atoms with E-state index in [1.165, 1.54) is 17.7 Å². The Hall–Kier alpha value is -4.33. The summed E-state index contributed by atoms with van der Waals surface area (Å²) in [4.78, 5) is 21.4. The Morgan fingerprint density at radius 1 is 0.950 bits per heavy atom. The Kier molecular flexibility index (Phi) is 7.40. The summed E-state index contributed by atoms with van der Waals surface area (Å²) in [5.41, 5.74) is 3.62. The maximum atomic E-state index is 14.1. The number of ether oxygens (including phenoxy) is 2. The molecule has 6 rings (SSSR count). The lowest BCUT2D eigenvalue weighted by atomic mass is 10.1. The summed E-state index contributed by atoms with van der Waals surface area (Å²) in [5, 5.41) is 0.453. The highest BCUT2D eigenvalue weighted by Gasteiger charge is 2.24. The number of rotatable bonds is 7. The molecule has 0 amide bonds. The number of benzene rings is 4. The predicted octanol–water partition coefficient (Wildman–Crippen LogP) is 6.20. The number of hydrogen-bond acceptors (Lipinski definition) is 5. The second-order valence-corrected chi connectivity index (χ2v) is 10.1. The number of aromatic nitrogens is 2. The lowest BCUT2D eigenvalue weighted by Gasteiger charge is -2.33. The Labute approximate surface area is 232 Å². The summed E-state index contributed by atoms with van der Waals surface area (Å²) in [6.45, 7) is 5.38. The number of fused-ring (bicyclic) bond motifs is 1. The van der Waals surface area contributed by atoms with Crippen LogP contribution in [0.2, 0.25) is 0 Å². The van der Waals surface area contributed by atoms with Gasteiger partial charge in [0.15, 0.2) is 0 Å². The Balaban J connectivity index is 1.36. The summed E-state index contributed by atoms with van der Waals surface area (Å²) >= 11 is 0. The highest BCUT2D eigenvalue weighted by atomic mass is 19.1. The van der Waals surface area contributed by atoms with Gasteiger partial charge in [-0.3, -0.25) is 14.3 Å². The maximum absolute atomic E-state index is 14.1. The molecule has 0 spiro atoms. The van der Waals surface area contributed by atoms with Crippen LogP contribution in [0.4, 0.5) is 4.39 Å². The molecule has 202 valence electrons. The molecule has 1 unspecified atom stereocenters. The highest BCUT2D eigenvalue weighted by Crippen LogP contribution is 2.27. The molecule has 0 N–H and O–H groups in total. The molecule has 0 aliphatic carbocycles. The molecule has 7 heteroatoms. The lowest BCUT2D eigenvalue weighted by Crippen LogP contribution is -2.45. The number of nitrogens with zero attached hydrogens (tertiary/aromatic N) is 3. The zero-order valence-electron chi connectivity index (χ0n) is 22.3. The summed E-state index contributed by atoms with van der Waals surface area (Å²) in [6, 6.07) is 29.4. The van der Waals surface area contributed by atoms with E-state index in [2.05, 4.69) is 29.2 Å². The summed E-state index contributed by atoms with van der Waals surface area (Å²) in [5.74, 6) is 1.25. The molecule has 2 heterocycles. The van der Waals surface area contributed by atoms with Crippen molar-refractivity contribution < 1.29 is 13.9 Å². The third-order valence-corrected chi connectivity index (χ3v) is 7.22. The Morgan fingerprint density at radius 2 is 1.70 bits per heavy atom. The van der Waals surface area contributed by atoms with Gasteiger partial charge in [-0.05, 0) is 60.5 Å². The van der Waals surface area contributed by atoms with E-state index in [1.54, 1.807) is 34.9 Å². The standard InChI is InChI=1S/C33H30FN3O3/c1-23-7-5-6-10-29(23)32-35-31-16-15-27(40-26-13-11-25(34)12-14-26)19-30(31)33(38)37(32)22-28-21-36(17-18-39-28)20-24-8-3-2-4-9-24/h2-16,19,28H,17-18,20-22H2,1H3. The van der Waals surface area contributed by atoms with E-state index in [4.69, 9.17) is 14.5 Å². The van der Waals surface area contributed by atoms with Gasteiger partial charge in [-0.2, -0.15) is 0 Å². The van der Waals surface area contributed by atoms with E-state index in [0.717, 1.165) is 24.2 Å². The van der Waals surface area contributed by atoms with Crippen molar-refractivity contribution in [2.24, 2.45) is 0 Å². The van der Waals surface area contributed by atoms with Crippen molar-refractivity contribution in [3.63, 3.8) is 0 Å². The highest BCUT2D eigenvalue weighted by molar-refractivity contribution is 5.81. The fourth-order valence-electron chi connectivity index (χ4n) is 5.18. The number of morpholine rings is 1. The molecule has 0 bridgehead atoms. The monoisotopic (exact) mass is 535 g/mol. The fraction of sp³-hybridized carbons (Fsp3) is 0.212. The molecule has 5 aromatic rings. The molecular weight excluding hydrogens is 505 g/mol. The third kappa shape index (κ3) is 5.66. The SMILES string of the molecule is Cc1ccccc1-c1nc2ccc(Oc3ccc(F)cc3)cc2c(=O)n1CC1CN(Cc2ccccc2)CCO1. The average molecular weight is 536 g/mol. The largest absolute Gasteiger partial charge is 0.457 e. The quantitative estimate of drug-likeness (QED) is 0.248. The van der Waals surface area contributed by atoms with Crippen molar-refractivity contribution in [2.75, 3.05) is 19.7 Å². The molecule has 1 atom stereocenters. The van der Waals surface area contributed by atoms with Crippen LogP contribution in [0.25, 0.3) is 22.3 Å². The van der Waals surface area contributed by atoms with Crippen LogP contribution in [0, 0.1) is 12.7 Å². The minimum Gasteiger partial charge on any atom is -0.457 e. The van der Waals surface area contributed by atoms with Crippen LogP contribution in [-0.2, 0) is 17.8 Å². The fourth-order valence-corrected chi connectivity index (χ4v) is 5.18. The van der Waals surface area contributed by atoms with Gasteiger partial charge in [-0.25, -0.2) is 9.37 Å². The van der Waals surface area contributed by atoms with Crippen molar-refractivity contribution in [3.8, 4) is 22.9 Å². The maximum Gasteiger partial charge on any atom is 0.261 e. The topological polar surface area (TPSA) is 56.6 Å². The van der Waals surface area contributed by atoms with Gasteiger partial charge < -0.3 is 9.47 Å². The van der Waals surface area contributed by atoms with Gasteiger partial charge >= 0.3 is 0 Å². The minimum atomic E-state index is -0.339. The molecule has 1 aromatic heterocycles. The smallest absolute Gasteiger partial charge is 0.261 e. The molecule has 1 saturated heterocycles. The van der Waals surface area contributed by atoms with E-state index in [0.29, 0.717) is 47.9 Å². The van der Waals surface area contributed by atoms with Gasteiger partial charge in [-0.15, -0.1) is 0 Å². The first-order chi connectivity index (χ1) is 19.5. The van der Waals surface area contributed by atoms with Crippen molar-refractivity contribution in [1.29, 1.82) is 0 Å². The first kappa shape index (κ1) is 25.9. The number of aryl methyl sites for hydroxylation is 1. The molecular formula is C33H30FN3O3. The minimum absolute atomic E-state index is 0.156. The van der Waals surface area contributed by atoms with Crippen LogP contribution in [0.1, 0.15) is 11.1 Å². The Morgan fingerprint density at radius 3 is 2.50 bits per heavy atom. The summed E-state index contributed by atoms with van der Waals surface area (Å²) < 4.78 is 27.2. The first-order valence-corrected chi connectivity index (χ1v) is 13.5. The molecule has 40 heavy (non-hydrogen) atoms. The van der Waals surface area contributed by atoms with Gasteiger partial charge in [0.05, 0.1) is 30.2 Å². The number of hydrogen-bond donors (Lipinski definition) is 0. The van der Waals surface area contributed by atoms with Crippen molar-refractivity contribution in [1.82, 2.24) is 14.5 Å². The van der Waals surface area contributed by atoms with Crippen LogP contribution in [-0.4, -0.2) is 40.3 Å². The van der Waals surface area contributed by atoms with E-state index >= 15 is 0 Å². The van der Waals surface area contributed by atoms with E-state index in [1.807, 2.05) is 37.3 Å². The zero-order chi connectivity index (χ0) is 27.5. The molecule has 1 aliphatic heterocycles. The summed E-state index contributed by atoms with van der Waals surface area (Å²) in [7, 11) is 0. The number of halogens is 1. The summed E-state index contributed by atoms with van der Waals surface area (Å²) in [6.07, 6.45) is -0.171. The van der Waals surface area contributed by atoms with Gasteiger partial charge in [-0.1, -0.05) is 54.6 Å². The molecule has 6 nitrogen and oxygen atoms in total. The molecule has 0 radical (unpaired) electrons. The van der Waals surface area contributed by atoms with Crippen molar-refractivity contribution in [2.45, 2.75) is 26.1 Å². The normalized spacial score (nSPS) is 15.8. The van der Waals surface area contributed by atoms with Crippen LogP contribution < -0.4 is 10.3 Å². The van der Waals surface area contributed by atoms with Crippen molar-refractivity contribution in [3.05, 3.63) is 124 Å². The Bertz CT molecular complexity index is 1690. The second-order valence-electron chi connectivity index (χ2n) is 10.1. The van der Waals surface area contributed by atoms with Crippen molar-refractivity contribution >= 4 is 10.9 Å². The van der Waals surface area contributed by atoms with Crippen LogP contribution >= 0.6 is 0 Å². The third-order valence-electron chi connectivity index (χ3n) is 7.22. The van der Waals surface area contributed by atoms with Gasteiger partial charge in [0, 0.05) is 25.2 Å². The van der Waals surface area contributed by atoms with Crippen LogP contribution in [0.5, 0.6) is 11.5 Å². The predicted molar refractivity (Wildman–Crippen MR) is 154 cm³/mol.